The molecule has 2 aromatic rings. The van der Waals surface area contributed by atoms with Gasteiger partial charge in [-0.1, -0.05) is 36.4 Å². The van der Waals surface area contributed by atoms with E-state index in [0.29, 0.717) is 39.0 Å². The molecule has 1 fully saturated rings. The fourth-order valence-corrected chi connectivity index (χ4v) is 3.63. The summed E-state index contributed by atoms with van der Waals surface area (Å²) in [5.41, 5.74) is 1.99. The Morgan fingerprint density at radius 1 is 1.12 bits per heavy atom. The number of hydrogen-bond acceptors (Lipinski definition) is 4. The van der Waals surface area contributed by atoms with E-state index in [9.17, 15) is 4.79 Å². The summed E-state index contributed by atoms with van der Waals surface area (Å²) in [7, 11) is 1.63. The lowest BCUT2D eigenvalue weighted by Crippen LogP contribution is -2.52. The Hall–Kier alpha value is -2.53. The molecule has 0 saturated carbocycles. The first kappa shape index (κ1) is 16.9. The third-order valence-corrected chi connectivity index (χ3v) is 5.17. The third kappa shape index (κ3) is 3.27. The van der Waals surface area contributed by atoms with E-state index in [1.54, 1.807) is 7.11 Å². The summed E-state index contributed by atoms with van der Waals surface area (Å²) in [6, 6.07) is 15.6. The molecule has 4 rings (SSSR count). The highest BCUT2D eigenvalue weighted by Crippen LogP contribution is 2.37. The Morgan fingerprint density at radius 3 is 2.65 bits per heavy atom. The van der Waals surface area contributed by atoms with Gasteiger partial charge in [-0.05, 0) is 12.1 Å². The molecule has 1 amide bonds. The van der Waals surface area contributed by atoms with Crippen LogP contribution in [0, 0.1) is 0 Å². The summed E-state index contributed by atoms with van der Waals surface area (Å²) in [6.07, 6.45) is 1.71. The maximum atomic E-state index is 12.7. The van der Waals surface area contributed by atoms with Crippen LogP contribution >= 0.6 is 0 Å². The second-order valence-electron chi connectivity index (χ2n) is 6.78. The molecule has 2 heterocycles. The zero-order chi connectivity index (χ0) is 18.0. The molecule has 5 heteroatoms. The number of likely N-dealkylation sites (tertiary alicyclic amines) is 1. The fourth-order valence-electron chi connectivity index (χ4n) is 3.63. The Morgan fingerprint density at radius 2 is 1.85 bits per heavy atom. The van der Waals surface area contributed by atoms with Crippen molar-refractivity contribution in [2.45, 2.75) is 31.7 Å². The van der Waals surface area contributed by atoms with Gasteiger partial charge in [0.15, 0.2) is 0 Å². The van der Waals surface area contributed by atoms with Crippen molar-refractivity contribution in [3.05, 3.63) is 59.7 Å². The number of carbonyl (C=O) groups is 1. The van der Waals surface area contributed by atoms with Gasteiger partial charge in [-0.25, -0.2) is 0 Å². The van der Waals surface area contributed by atoms with Crippen LogP contribution in [-0.2, 0) is 22.6 Å². The first-order chi connectivity index (χ1) is 12.7. The molecule has 5 nitrogen and oxygen atoms in total. The topological polar surface area (TPSA) is 48.0 Å². The molecule has 26 heavy (non-hydrogen) atoms. The number of hydrogen-bond donors (Lipinski definition) is 0. The molecule has 0 bridgehead atoms. The molecular formula is C21H23NO4. The number of amides is 1. The van der Waals surface area contributed by atoms with Crippen LogP contribution in [0.3, 0.4) is 0 Å². The van der Waals surface area contributed by atoms with Gasteiger partial charge in [-0.3, -0.25) is 4.79 Å². The van der Waals surface area contributed by atoms with Gasteiger partial charge in [-0.15, -0.1) is 0 Å². The highest BCUT2D eigenvalue weighted by atomic mass is 16.7. The molecule has 0 radical (unpaired) electrons. The zero-order valence-electron chi connectivity index (χ0n) is 14.9. The highest BCUT2D eigenvalue weighted by molar-refractivity contribution is 5.79. The van der Waals surface area contributed by atoms with Gasteiger partial charge in [0.25, 0.3) is 0 Å². The van der Waals surface area contributed by atoms with Crippen LogP contribution in [0.2, 0.25) is 0 Å². The second-order valence-corrected chi connectivity index (χ2v) is 6.78. The van der Waals surface area contributed by atoms with Crippen LogP contribution in [0.5, 0.6) is 11.5 Å². The minimum Gasteiger partial charge on any atom is -0.496 e. The monoisotopic (exact) mass is 353 g/mol. The van der Waals surface area contributed by atoms with E-state index >= 15 is 0 Å². The summed E-state index contributed by atoms with van der Waals surface area (Å²) < 4.78 is 17.5. The largest absolute Gasteiger partial charge is 0.496 e. The number of para-hydroxylation sites is 2. The number of nitrogens with zero attached hydrogens (tertiary/aromatic N) is 1. The number of rotatable bonds is 3. The molecule has 0 N–H and O–H groups in total. The van der Waals surface area contributed by atoms with Gasteiger partial charge in [0.05, 0.1) is 20.1 Å². The van der Waals surface area contributed by atoms with Crippen molar-refractivity contribution in [3.8, 4) is 11.5 Å². The first-order valence-corrected chi connectivity index (χ1v) is 9.00. The van der Waals surface area contributed by atoms with Crippen LogP contribution < -0.4 is 9.47 Å². The van der Waals surface area contributed by atoms with Crippen molar-refractivity contribution in [2.24, 2.45) is 0 Å². The molecule has 0 unspecified atom stereocenters. The minimum absolute atomic E-state index is 0.112. The number of piperidine rings is 1. The maximum Gasteiger partial charge on any atom is 0.227 e. The van der Waals surface area contributed by atoms with Gasteiger partial charge in [-0.2, -0.15) is 0 Å². The smallest absolute Gasteiger partial charge is 0.227 e. The molecule has 2 aromatic carbocycles. The predicted molar refractivity (Wildman–Crippen MR) is 97.1 cm³/mol. The quantitative estimate of drug-likeness (QED) is 0.850. The average molecular weight is 353 g/mol. The van der Waals surface area contributed by atoms with Crippen LogP contribution in [0.15, 0.2) is 48.5 Å². The van der Waals surface area contributed by atoms with Crippen LogP contribution in [0.4, 0.5) is 0 Å². The molecule has 0 aliphatic carbocycles. The number of fused-ring (bicyclic) bond motifs is 1. The van der Waals surface area contributed by atoms with Gasteiger partial charge in [0, 0.05) is 37.1 Å². The van der Waals surface area contributed by atoms with E-state index in [0.717, 1.165) is 22.6 Å². The Labute approximate surface area is 153 Å². The van der Waals surface area contributed by atoms with Crippen LogP contribution in [0.1, 0.15) is 24.0 Å². The molecule has 0 atom stereocenters. The SMILES string of the molecule is COc1ccccc1CC(=O)N1CCC2(CC1)OCc1ccccc1O2. The average Bonchev–Trinajstić information content (AvgIpc) is 2.69. The van der Waals surface area contributed by atoms with Crippen molar-refractivity contribution < 1.29 is 19.0 Å². The number of benzene rings is 2. The third-order valence-electron chi connectivity index (χ3n) is 5.17. The highest BCUT2D eigenvalue weighted by Gasteiger charge is 2.41. The van der Waals surface area contributed by atoms with E-state index in [2.05, 4.69) is 0 Å². The summed E-state index contributed by atoms with van der Waals surface area (Å²) in [6.45, 7) is 1.83. The van der Waals surface area contributed by atoms with Gasteiger partial charge >= 0.3 is 0 Å². The molecule has 0 aromatic heterocycles. The van der Waals surface area contributed by atoms with E-state index in [1.165, 1.54) is 0 Å². The molecule has 136 valence electrons. The summed E-state index contributed by atoms with van der Waals surface area (Å²) in [5, 5.41) is 0. The van der Waals surface area contributed by atoms with Crippen LogP contribution in [0.25, 0.3) is 0 Å². The van der Waals surface area contributed by atoms with E-state index in [1.807, 2.05) is 53.4 Å². The molecule has 1 spiro atoms. The van der Waals surface area contributed by atoms with Gasteiger partial charge in [0.2, 0.25) is 11.7 Å². The lowest BCUT2D eigenvalue weighted by Gasteiger charge is -2.44. The van der Waals surface area contributed by atoms with Crippen molar-refractivity contribution in [2.75, 3.05) is 20.2 Å². The second kappa shape index (κ2) is 7.00. The normalized spacial score (nSPS) is 18.1. The lowest BCUT2D eigenvalue weighted by atomic mass is 10.0. The Kier molecular flexibility index (Phi) is 4.55. The van der Waals surface area contributed by atoms with Crippen molar-refractivity contribution >= 4 is 5.91 Å². The van der Waals surface area contributed by atoms with E-state index < -0.39 is 5.79 Å². The fraction of sp³-hybridized carbons (Fsp3) is 0.381. The van der Waals surface area contributed by atoms with E-state index in [-0.39, 0.29) is 5.91 Å². The molecule has 2 aliphatic heterocycles. The summed E-state index contributed by atoms with van der Waals surface area (Å²) >= 11 is 0. The number of carbonyl (C=O) groups excluding carboxylic acids is 1. The first-order valence-electron chi connectivity index (χ1n) is 9.00. The van der Waals surface area contributed by atoms with E-state index in [4.69, 9.17) is 14.2 Å². The Bertz CT molecular complexity index is 796. The number of ether oxygens (including phenoxy) is 3. The van der Waals surface area contributed by atoms with Crippen LogP contribution in [-0.4, -0.2) is 36.8 Å². The zero-order valence-corrected chi connectivity index (χ0v) is 14.9. The Balaban J connectivity index is 1.39. The van der Waals surface area contributed by atoms with Crippen molar-refractivity contribution in [1.29, 1.82) is 0 Å². The number of methoxy groups -OCH3 is 1. The van der Waals surface area contributed by atoms with Crippen molar-refractivity contribution in [3.63, 3.8) is 0 Å². The maximum absolute atomic E-state index is 12.7. The van der Waals surface area contributed by atoms with Gasteiger partial charge in [0.1, 0.15) is 11.5 Å². The molecule has 1 saturated heterocycles. The lowest BCUT2D eigenvalue weighted by molar-refractivity contribution is -0.227. The summed E-state index contributed by atoms with van der Waals surface area (Å²) in [4.78, 5) is 14.6. The van der Waals surface area contributed by atoms with Crippen molar-refractivity contribution in [1.82, 2.24) is 4.90 Å². The van der Waals surface area contributed by atoms with Gasteiger partial charge < -0.3 is 19.1 Å². The minimum atomic E-state index is -0.602. The molecular weight excluding hydrogens is 330 g/mol. The summed E-state index contributed by atoms with van der Waals surface area (Å²) in [5.74, 6) is 1.16. The molecule has 2 aliphatic rings. The predicted octanol–water partition coefficient (Wildman–Crippen LogP) is 3.17. The standard InChI is InChI=1S/C21H23NO4/c1-24-18-8-4-2-6-16(18)14-20(23)22-12-10-21(11-13-22)25-15-17-7-3-5-9-19(17)26-21/h2-9H,10-15H2,1H3.